The molecule has 106 valence electrons. The standard InChI is InChI=1S/C13H26N2O3/c1-3-11(4-2)15-13(18)14-10-8-6-5-7-9-12(16)17/h11H,3-10H2,1-2H3,(H,16,17)(H2,14,15,18). The lowest BCUT2D eigenvalue weighted by Crippen LogP contribution is -2.41. The van der Waals surface area contributed by atoms with E-state index in [1.165, 1.54) is 0 Å². The van der Waals surface area contributed by atoms with Crippen LogP contribution in [0.4, 0.5) is 4.79 Å². The van der Waals surface area contributed by atoms with Crippen molar-refractivity contribution in [2.75, 3.05) is 6.54 Å². The number of carbonyl (C=O) groups excluding carboxylic acids is 1. The predicted molar refractivity (Wildman–Crippen MR) is 71.6 cm³/mol. The third kappa shape index (κ3) is 9.93. The van der Waals surface area contributed by atoms with E-state index in [0.717, 1.165) is 38.5 Å². The molecule has 0 atom stereocenters. The van der Waals surface area contributed by atoms with E-state index in [-0.39, 0.29) is 18.5 Å². The fourth-order valence-corrected chi connectivity index (χ4v) is 1.69. The first-order valence-corrected chi connectivity index (χ1v) is 6.86. The Morgan fingerprint density at radius 1 is 1.06 bits per heavy atom. The summed E-state index contributed by atoms with van der Waals surface area (Å²) in [7, 11) is 0. The molecule has 0 heterocycles. The van der Waals surface area contributed by atoms with Gasteiger partial charge in [-0.15, -0.1) is 0 Å². The van der Waals surface area contributed by atoms with Crippen molar-refractivity contribution in [2.24, 2.45) is 0 Å². The number of aliphatic carboxylic acids is 1. The van der Waals surface area contributed by atoms with Gasteiger partial charge in [-0.1, -0.05) is 26.7 Å². The van der Waals surface area contributed by atoms with Gasteiger partial charge in [0.2, 0.25) is 0 Å². The van der Waals surface area contributed by atoms with Gasteiger partial charge in [-0.25, -0.2) is 4.79 Å². The molecule has 0 aliphatic carbocycles. The van der Waals surface area contributed by atoms with E-state index < -0.39 is 5.97 Å². The average molecular weight is 258 g/mol. The lowest BCUT2D eigenvalue weighted by molar-refractivity contribution is -0.137. The van der Waals surface area contributed by atoms with Gasteiger partial charge in [0.25, 0.3) is 0 Å². The molecule has 2 amide bonds. The Kier molecular flexibility index (Phi) is 10.1. The van der Waals surface area contributed by atoms with Crippen molar-refractivity contribution in [3.63, 3.8) is 0 Å². The van der Waals surface area contributed by atoms with Crippen molar-refractivity contribution in [2.45, 2.75) is 64.8 Å². The Labute approximate surface area is 109 Å². The number of carbonyl (C=O) groups is 2. The van der Waals surface area contributed by atoms with Crippen LogP contribution >= 0.6 is 0 Å². The number of amides is 2. The minimum Gasteiger partial charge on any atom is -0.481 e. The summed E-state index contributed by atoms with van der Waals surface area (Å²) >= 11 is 0. The van der Waals surface area contributed by atoms with E-state index in [4.69, 9.17) is 5.11 Å². The fourth-order valence-electron chi connectivity index (χ4n) is 1.69. The van der Waals surface area contributed by atoms with Crippen molar-refractivity contribution in [1.29, 1.82) is 0 Å². The van der Waals surface area contributed by atoms with Crippen molar-refractivity contribution in [3.8, 4) is 0 Å². The highest BCUT2D eigenvalue weighted by Gasteiger charge is 2.06. The van der Waals surface area contributed by atoms with E-state index in [0.29, 0.717) is 6.54 Å². The second-order valence-electron chi connectivity index (χ2n) is 4.47. The van der Waals surface area contributed by atoms with Crippen molar-refractivity contribution >= 4 is 12.0 Å². The molecule has 3 N–H and O–H groups in total. The van der Waals surface area contributed by atoms with Gasteiger partial charge in [0, 0.05) is 19.0 Å². The molecule has 0 aromatic carbocycles. The van der Waals surface area contributed by atoms with E-state index in [9.17, 15) is 9.59 Å². The number of carboxylic acids is 1. The molecule has 0 aliphatic rings. The second-order valence-corrected chi connectivity index (χ2v) is 4.47. The third-order valence-corrected chi connectivity index (χ3v) is 2.92. The Balaban J connectivity index is 3.37. The van der Waals surface area contributed by atoms with Crippen LogP contribution < -0.4 is 10.6 Å². The topological polar surface area (TPSA) is 78.4 Å². The molecular weight excluding hydrogens is 232 g/mol. The van der Waals surface area contributed by atoms with Gasteiger partial charge >= 0.3 is 12.0 Å². The van der Waals surface area contributed by atoms with Gasteiger partial charge in [-0.3, -0.25) is 4.79 Å². The molecule has 18 heavy (non-hydrogen) atoms. The Morgan fingerprint density at radius 3 is 2.22 bits per heavy atom. The molecule has 0 fully saturated rings. The Hall–Kier alpha value is -1.26. The smallest absolute Gasteiger partial charge is 0.315 e. The molecule has 0 saturated heterocycles. The van der Waals surface area contributed by atoms with Crippen LogP contribution in [0.2, 0.25) is 0 Å². The lowest BCUT2D eigenvalue weighted by atomic mass is 10.1. The molecule has 0 radical (unpaired) electrons. The predicted octanol–water partition coefficient (Wildman–Crippen LogP) is 2.51. The molecule has 5 heteroatoms. The van der Waals surface area contributed by atoms with Crippen LogP contribution in [0.25, 0.3) is 0 Å². The van der Waals surface area contributed by atoms with Crippen LogP contribution in [0, 0.1) is 0 Å². The van der Waals surface area contributed by atoms with Crippen LogP contribution in [0.1, 0.15) is 58.8 Å². The molecule has 0 bridgehead atoms. The zero-order valence-electron chi connectivity index (χ0n) is 11.5. The first-order valence-electron chi connectivity index (χ1n) is 6.86. The molecule has 0 aliphatic heterocycles. The van der Waals surface area contributed by atoms with Crippen LogP contribution in [-0.2, 0) is 4.79 Å². The van der Waals surface area contributed by atoms with Crippen LogP contribution in [-0.4, -0.2) is 29.7 Å². The third-order valence-electron chi connectivity index (χ3n) is 2.92. The Bertz CT molecular complexity index is 240. The SMILES string of the molecule is CCC(CC)NC(=O)NCCCCCCC(=O)O. The van der Waals surface area contributed by atoms with Crippen molar-refractivity contribution in [1.82, 2.24) is 10.6 Å². The van der Waals surface area contributed by atoms with Gasteiger partial charge in [0.1, 0.15) is 0 Å². The van der Waals surface area contributed by atoms with E-state index in [1.807, 2.05) is 0 Å². The first kappa shape index (κ1) is 16.7. The maximum absolute atomic E-state index is 11.4. The maximum atomic E-state index is 11.4. The summed E-state index contributed by atoms with van der Waals surface area (Å²) in [6.45, 7) is 4.76. The van der Waals surface area contributed by atoms with Gasteiger partial charge in [0.15, 0.2) is 0 Å². The molecule has 0 aromatic heterocycles. The highest BCUT2D eigenvalue weighted by Crippen LogP contribution is 2.02. The summed E-state index contributed by atoms with van der Waals surface area (Å²) in [5.74, 6) is -0.738. The van der Waals surface area contributed by atoms with Gasteiger partial charge in [-0.05, 0) is 25.7 Å². The summed E-state index contributed by atoms with van der Waals surface area (Å²) in [5.41, 5.74) is 0. The van der Waals surface area contributed by atoms with Gasteiger partial charge in [-0.2, -0.15) is 0 Å². The normalized spacial score (nSPS) is 10.4. The fraction of sp³-hybridized carbons (Fsp3) is 0.846. The summed E-state index contributed by atoms with van der Waals surface area (Å²) < 4.78 is 0. The highest BCUT2D eigenvalue weighted by molar-refractivity contribution is 5.74. The number of urea groups is 1. The number of rotatable bonds is 10. The minimum atomic E-state index is -0.738. The number of hydrogen-bond donors (Lipinski definition) is 3. The highest BCUT2D eigenvalue weighted by atomic mass is 16.4. The van der Waals surface area contributed by atoms with Gasteiger partial charge < -0.3 is 15.7 Å². The first-order chi connectivity index (χ1) is 8.60. The van der Waals surface area contributed by atoms with Crippen molar-refractivity contribution < 1.29 is 14.7 Å². The maximum Gasteiger partial charge on any atom is 0.315 e. The summed E-state index contributed by atoms with van der Waals surface area (Å²) in [6, 6.07) is 0.148. The monoisotopic (exact) mass is 258 g/mol. The summed E-state index contributed by atoms with van der Waals surface area (Å²) in [4.78, 5) is 21.7. The molecule has 0 saturated carbocycles. The van der Waals surface area contributed by atoms with Crippen LogP contribution in [0.3, 0.4) is 0 Å². The van der Waals surface area contributed by atoms with Crippen molar-refractivity contribution in [3.05, 3.63) is 0 Å². The molecular formula is C13H26N2O3. The Morgan fingerprint density at radius 2 is 1.67 bits per heavy atom. The summed E-state index contributed by atoms with van der Waals surface area (Å²) in [6.07, 6.45) is 5.60. The average Bonchev–Trinajstić information content (AvgIpc) is 2.34. The summed E-state index contributed by atoms with van der Waals surface area (Å²) in [5, 5.41) is 14.2. The van der Waals surface area contributed by atoms with E-state index >= 15 is 0 Å². The minimum absolute atomic E-state index is 0.103. The van der Waals surface area contributed by atoms with Gasteiger partial charge in [0.05, 0.1) is 0 Å². The molecule has 5 nitrogen and oxygen atoms in total. The largest absolute Gasteiger partial charge is 0.481 e. The van der Waals surface area contributed by atoms with Crippen LogP contribution in [0.15, 0.2) is 0 Å². The van der Waals surface area contributed by atoms with E-state index in [2.05, 4.69) is 24.5 Å². The molecule has 0 spiro atoms. The van der Waals surface area contributed by atoms with E-state index in [1.54, 1.807) is 0 Å². The van der Waals surface area contributed by atoms with Crippen LogP contribution in [0.5, 0.6) is 0 Å². The molecule has 0 rings (SSSR count). The number of hydrogen-bond acceptors (Lipinski definition) is 2. The zero-order valence-corrected chi connectivity index (χ0v) is 11.5. The zero-order chi connectivity index (χ0) is 13.8. The number of nitrogens with one attached hydrogen (secondary N) is 2. The second kappa shape index (κ2) is 10.9. The molecule has 0 aromatic rings. The number of unbranched alkanes of at least 4 members (excludes halogenated alkanes) is 3. The quantitative estimate of drug-likeness (QED) is 0.527. The lowest BCUT2D eigenvalue weighted by Gasteiger charge is -2.15. The molecule has 0 unspecified atom stereocenters. The number of carboxylic acid groups (broad SMARTS) is 1.